The lowest BCUT2D eigenvalue weighted by molar-refractivity contribution is -0.119. The lowest BCUT2D eigenvalue weighted by atomic mass is 10.1. The van der Waals surface area contributed by atoms with Gasteiger partial charge in [0.05, 0.1) is 23.2 Å². The number of nitrogens with one attached hydrogen (secondary N) is 2. The molecule has 0 aliphatic heterocycles. The van der Waals surface area contributed by atoms with Crippen molar-refractivity contribution in [3.8, 4) is 0 Å². The highest BCUT2D eigenvalue weighted by atomic mass is 127. The highest BCUT2D eigenvalue weighted by Crippen LogP contribution is 2.19. The van der Waals surface area contributed by atoms with Gasteiger partial charge in [0.2, 0.25) is 0 Å². The number of hydrogen-bond donors (Lipinski definition) is 2. The molecule has 0 spiro atoms. The molecule has 142 valence electrons. The highest BCUT2D eigenvalue weighted by molar-refractivity contribution is 14.1. The van der Waals surface area contributed by atoms with Crippen molar-refractivity contribution in [1.29, 1.82) is 0 Å². The molecule has 0 atom stereocenters. The van der Waals surface area contributed by atoms with Crippen LogP contribution in [0.1, 0.15) is 20.9 Å². The fraction of sp³-hybridized carbons (Fsp3) is 0.0500. The number of carbonyl (C=O) groups excluding carboxylic acids is 3. The third-order valence-electron chi connectivity index (χ3n) is 3.62. The van der Waals surface area contributed by atoms with Gasteiger partial charge in [-0.15, -0.1) is 0 Å². The van der Waals surface area contributed by atoms with Gasteiger partial charge in [-0.3, -0.25) is 9.59 Å². The Morgan fingerprint density at radius 1 is 0.893 bits per heavy atom. The first-order valence-corrected chi connectivity index (χ1v) is 9.28. The summed E-state index contributed by atoms with van der Waals surface area (Å²) in [4.78, 5) is 36.6. The molecule has 28 heavy (non-hydrogen) atoms. The summed E-state index contributed by atoms with van der Waals surface area (Å²) >= 11 is 2.09. The Labute approximate surface area is 174 Å². The van der Waals surface area contributed by atoms with Crippen molar-refractivity contribution >= 4 is 51.7 Å². The Hall–Kier alpha value is -3.14. The predicted molar refractivity (Wildman–Crippen MR) is 111 cm³/mol. The molecule has 0 saturated carbocycles. The molecule has 0 unspecified atom stereocenters. The van der Waals surface area contributed by atoms with E-state index in [1.165, 1.54) is 18.4 Å². The summed E-state index contributed by atoms with van der Waals surface area (Å²) in [6.45, 7) is -0.454. The summed E-state index contributed by atoms with van der Waals surface area (Å²) in [5.74, 6) is -1.58. The zero-order chi connectivity index (χ0) is 19.9. The van der Waals surface area contributed by atoms with Crippen LogP contribution in [-0.4, -0.2) is 24.4 Å². The van der Waals surface area contributed by atoms with Crippen LogP contribution in [0, 0.1) is 3.57 Å². The second-order valence-corrected chi connectivity index (χ2v) is 6.74. The van der Waals surface area contributed by atoms with Gasteiger partial charge < -0.3 is 19.8 Å². The summed E-state index contributed by atoms with van der Waals surface area (Å²) in [6.07, 6.45) is 1.38. The SMILES string of the molecule is O=C(COC(=O)c1ccccc1NC(=O)c1ccco1)Nc1ccccc1I. The molecule has 2 amide bonds. The van der Waals surface area contributed by atoms with E-state index in [9.17, 15) is 14.4 Å². The molecule has 8 heteroatoms. The van der Waals surface area contributed by atoms with Crippen molar-refractivity contribution in [2.24, 2.45) is 0 Å². The van der Waals surface area contributed by atoms with Crippen molar-refractivity contribution in [2.75, 3.05) is 17.2 Å². The molecule has 0 radical (unpaired) electrons. The maximum atomic E-state index is 12.4. The van der Waals surface area contributed by atoms with Crippen molar-refractivity contribution < 1.29 is 23.5 Å². The second-order valence-electron chi connectivity index (χ2n) is 5.58. The number of furan rings is 1. The summed E-state index contributed by atoms with van der Waals surface area (Å²) < 4.78 is 11.0. The highest BCUT2D eigenvalue weighted by Gasteiger charge is 2.17. The van der Waals surface area contributed by atoms with Gasteiger partial charge in [-0.05, 0) is 59.0 Å². The number of amides is 2. The number of carbonyl (C=O) groups is 3. The van der Waals surface area contributed by atoms with Gasteiger partial charge in [0.1, 0.15) is 0 Å². The molecule has 0 bridgehead atoms. The Morgan fingerprint density at radius 2 is 1.61 bits per heavy atom. The van der Waals surface area contributed by atoms with E-state index >= 15 is 0 Å². The van der Waals surface area contributed by atoms with E-state index in [-0.39, 0.29) is 17.0 Å². The van der Waals surface area contributed by atoms with Crippen LogP contribution in [-0.2, 0) is 9.53 Å². The molecule has 3 aromatic rings. The zero-order valence-electron chi connectivity index (χ0n) is 14.5. The van der Waals surface area contributed by atoms with E-state index in [1.807, 2.05) is 12.1 Å². The number of anilines is 2. The maximum absolute atomic E-state index is 12.4. The molecule has 0 aliphatic rings. The molecular weight excluding hydrogens is 475 g/mol. The first-order valence-electron chi connectivity index (χ1n) is 8.20. The molecule has 0 aliphatic carbocycles. The third-order valence-corrected chi connectivity index (χ3v) is 4.56. The van der Waals surface area contributed by atoms with Crippen LogP contribution in [0.5, 0.6) is 0 Å². The lowest BCUT2D eigenvalue weighted by Crippen LogP contribution is -2.22. The zero-order valence-corrected chi connectivity index (χ0v) is 16.6. The lowest BCUT2D eigenvalue weighted by Gasteiger charge is -2.11. The quantitative estimate of drug-likeness (QED) is 0.403. The van der Waals surface area contributed by atoms with Gasteiger partial charge in [0.15, 0.2) is 12.4 Å². The number of esters is 1. The topological polar surface area (TPSA) is 97.6 Å². The van der Waals surface area contributed by atoms with Crippen LogP contribution in [0.15, 0.2) is 71.3 Å². The molecule has 7 nitrogen and oxygen atoms in total. The molecule has 2 aromatic carbocycles. The van der Waals surface area contributed by atoms with Gasteiger partial charge in [-0.1, -0.05) is 24.3 Å². The van der Waals surface area contributed by atoms with Crippen molar-refractivity contribution in [2.45, 2.75) is 0 Å². The molecule has 1 heterocycles. The summed E-state index contributed by atoms with van der Waals surface area (Å²) in [5, 5.41) is 5.27. The third kappa shape index (κ3) is 4.97. The van der Waals surface area contributed by atoms with E-state index in [4.69, 9.17) is 9.15 Å². The predicted octanol–water partition coefficient (Wildman–Crippen LogP) is 3.93. The fourth-order valence-corrected chi connectivity index (χ4v) is 2.84. The second kappa shape index (κ2) is 9.18. The number of ether oxygens (including phenoxy) is 1. The van der Waals surface area contributed by atoms with Crippen LogP contribution in [0.3, 0.4) is 0 Å². The average molecular weight is 490 g/mol. The Bertz CT molecular complexity index is 1000. The molecular formula is C20H15IN2O5. The van der Waals surface area contributed by atoms with E-state index in [1.54, 1.807) is 36.4 Å². The smallest absolute Gasteiger partial charge is 0.340 e. The van der Waals surface area contributed by atoms with Crippen molar-refractivity contribution in [3.05, 3.63) is 81.8 Å². The van der Waals surface area contributed by atoms with Crippen LogP contribution in [0.4, 0.5) is 11.4 Å². The van der Waals surface area contributed by atoms with Gasteiger partial charge in [-0.2, -0.15) is 0 Å². The Balaban J connectivity index is 1.62. The van der Waals surface area contributed by atoms with Crippen LogP contribution in [0.2, 0.25) is 0 Å². The maximum Gasteiger partial charge on any atom is 0.340 e. The first-order chi connectivity index (χ1) is 13.5. The molecule has 2 N–H and O–H groups in total. The molecule has 0 saturated heterocycles. The number of halogens is 1. The normalized spacial score (nSPS) is 10.2. The van der Waals surface area contributed by atoms with Crippen molar-refractivity contribution in [1.82, 2.24) is 0 Å². The number of para-hydroxylation sites is 2. The fourth-order valence-electron chi connectivity index (χ4n) is 2.32. The van der Waals surface area contributed by atoms with Gasteiger partial charge in [-0.25, -0.2) is 4.79 Å². The van der Waals surface area contributed by atoms with E-state index in [0.717, 1.165) is 3.57 Å². The minimum Gasteiger partial charge on any atom is -0.459 e. The molecule has 0 fully saturated rings. The number of benzene rings is 2. The minimum atomic E-state index is -0.728. The van der Waals surface area contributed by atoms with E-state index in [2.05, 4.69) is 33.2 Å². The average Bonchev–Trinajstić information content (AvgIpc) is 3.23. The largest absolute Gasteiger partial charge is 0.459 e. The Kier molecular flexibility index (Phi) is 6.43. The van der Waals surface area contributed by atoms with Gasteiger partial charge in [0, 0.05) is 3.57 Å². The summed E-state index contributed by atoms with van der Waals surface area (Å²) in [6, 6.07) is 16.7. The standard InChI is InChI=1S/C20H15IN2O5/c21-14-7-2-4-9-16(14)22-18(24)12-28-20(26)13-6-1-3-8-15(13)23-19(25)17-10-5-11-27-17/h1-11H,12H2,(H,22,24)(H,23,25). The summed E-state index contributed by atoms with van der Waals surface area (Å²) in [7, 11) is 0. The van der Waals surface area contributed by atoms with Gasteiger partial charge in [0.25, 0.3) is 11.8 Å². The van der Waals surface area contributed by atoms with E-state index < -0.39 is 24.4 Å². The van der Waals surface area contributed by atoms with E-state index in [0.29, 0.717) is 5.69 Å². The number of hydrogen-bond acceptors (Lipinski definition) is 5. The van der Waals surface area contributed by atoms with Crippen molar-refractivity contribution in [3.63, 3.8) is 0 Å². The van der Waals surface area contributed by atoms with Crippen LogP contribution < -0.4 is 10.6 Å². The Morgan fingerprint density at radius 3 is 2.32 bits per heavy atom. The molecule has 3 rings (SSSR count). The first kappa shape index (κ1) is 19.6. The van der Waals surface area contributed by atoms with Crippen LogP contribution in [0.25, 0.3) is 0 Å². The van der Waals surface area contributed by atoms with Gasteiger partial charge >= 0.3 is 5.97 Å². The summed E-state index contributed by atoms with van der Waals surface area (Å²) in [5.41, 5.74) is 1.02. The van der Waals surface area contributed by atoms with Crippen LogP contribution >= 0.6 is 22.6 Å². The number of rotatable bonds is 6. The minimum absolute atomic E-state index is 0.111. The molecule has 1 aromatic heterocycles. The monoisotopic (exact) mass is 490 g/mol.